The lowest BCUT2D eigenvalue weighted by Crippen LogP contribution is -2.17. The van der Waals surface area contributed by atoms with E-state index in [2.05, 4.69) is 20.3 Å². The molecular weight excluding hydrogens is 398 g/mol. The number of anilines is 2. The molecule has 2 aromatic heterocycles. The van der Waals surface area contributed by atoms with Crippen LogP contribution in [0.5, 0.6) is 17.2 Å². The monoisotopic (exact) mass is 419 g/mol. The largest absolute Gasteiger partial charge is 0.496 e. The highest BCUT2D eigenvalue weighted by Gasteiger charge is 2.22. The molecule has 1 unspecified atom stereocenters. The molecule has 0 saturated carbocycles. The fourth-order valence-electron chi connectivity index (χ4n) is 3.38. The van der Waals surface area contributed by atoms with Crippen molar-refractivity contribution in [1.82, 2.24) is 19.5 Å². The van der Waals surface area contributed by atoms with Gasteiger partial charge in [-0.1, -0.05) is 0 Å². The van der Waals surface area contributed by atoms with Gasteiger partial charge in [0.05, 0.1) is 27.7 Å². The number of halogens is 1. The first-order valence-corrected chi connectivity index (χ1v) is 9.61. The molecule has 1 aromatic carbocycles. The predicted molar refractivity (Wildman–Crippen MR) is 109 cm³/mol. The smallest absolute Gasteiger partial charge is 0.226 e. The normalized spacial score (nSPS) is 16.6. The van der Waals surface area contributed by atoms with Crippen molar-refractivity contribution >= 4 is 34.3 Å². The van der Waals surface area contributed by atoms with Crippen LogP contribution in [0.2, 0.25) is 5.28 Å². The van der Waals surface area contributed by atoms with Crippen molar-refractivity contribution in [3.63, 3.8) is 0 Å². The number of nitrogens with one attached hydrogen (secondary N) is 1. The molecule has 29 heavy (non-hydrogen) atoms. The van der Waals surface area contributed by atoms with Gasteiger partial charge in [0, 0.05) is 18.7 Å². The van der Waals surface area contributed by atoms with Crippen molar-refractivity contribution in [3.05, 3.63) is 23.7 Å². The van der Waals surface area contributed by atoms with E-state index in [0.717, 1.165) is 19.3 Å². The number of methoxy groups -OCH3 is 3. The van der Waals surface area contributed by atoms with Gasteiger partial charge in [0.25, 0.3) is 0 Å². The van der Waals surface area contributed by atoms with Gasteiger partial charge in [-0.2, -0.15) is 9.97 Å². The number of ether oxygens (including phenoxy) is 4. The third-order valence-corrected chi connectivity index (χ3v) is 4.99. The molecule has 3 aromatic rings. The number of hydrogen-bond acceptors (Lipinski definition) is 8. The highest BCUT2D eigenvalue weighted by molar-refractivity contribution is 6.28. The molecule has 0 amide bonds. The quantitative estimate of drug-likeness (QED) is 0.600. The molecule has 4 rings (SSSR count). The summed E-state index contributed by atoms with van der Waals surface area (Å²) in [6.45, 7) is 0.717. The minimum absolute atomic E-state index is 0.101. The third-order valence-electron chi connectivity index (χ3n) is 4.82. The van der Waals surface area contributed by atoms with Gasteiger partial charge >= 0.3 is 0 Å². The van der Waals surface area contributed by atoms with Crippen molar-refractivity contribution in [2.75, 3.05) is 33.3 Å². The Balaban J connectivity index is 1.78. The van der Waals surface area contributed by atoms with Gasteiger partial charge < -0.3 is 24.3 Å². The molecule has 154 valence electrons. The zero-order valence-electron chi connectivity index (χ0n) is 16.4. The molecule has 1 saturated heterocycles. The first-order valence-electron chi connectivity index (χ1n) is 9.23. The van der Waals surface area contributed by atoms with Crippen LogP contribution in [-0.4, -0.2) is 47.5 Å². The van der Waals surface area contributed by atoms with Crippen molar-refractivity contribution in [2.24, 2.45) is 0 Å². The summed E-state index contributed by atoms with van der Waals surface area (Å²) in [6.07, 6.45) is 4.64. The molecule has 3 heterocycles. The Bertz CT molecular complexity index is 994. The summed E-state index contributed by atoms with van der Waals surface area (Å²) in [5.74, 6) is 2.10. The van der Waals surface area contributed by atoms with Crippen molar-refractivity contribution in [2.45, 2.75) is 25.5 Å². The Morgan fingerprint density at radius 1 is 1.10 bits per heavy atom. The van der Waals surface area contributed by atoms with Gasteiger partial charge in [-0.15, -0.1) is 0 Å². The molecule has 10 heteroatoms. The first kappa shape index (κ1) is 19.5. The molecule has 1 fully saturated rings. The van der Waals surface area contributed by atoms with E-state index in [0.29, 0.717) is 46.5 Å². The van der Waals surface area contributed by atoms with E-state index < -0.39 is 0 Å². The van der Waals surface area contributed by atoms with Gasteiger partial charge in [0.2, 0.25) is 5.28 Å². The highest BCUT2D eigenvalue weighted by atomic mass is 35.5. The number of fused-ring (bicyclic) bond motifs is 1. The molecule has 1 atom stereocenters. The summed E-state index contributed by atoms with van der Waals surface area (Å²) in [7, 11) is 4.71. The van der Waals surface area contributed by atoms with Crippen LogP contribution in [0.15, 0.2) is 18.5 Å². The zero-order chi connectivity index (χ0) is 20.4. The summed E-state index contributed by atoms with van der Waals surface area (Å²) in [5.41, 5.74) is 1.75. The number of nitrogens with zero attached hydrogens (tertiary/aromatic N) is 4. The number of rotatable bonds is 6. The molecule has 0 radical (unpaired) electrons. The van der Waals surface area contributed by atoms with Crippen LogP contribution in [0, 0.1) is 0 Å². The van der Waals surface area contributed by atoms with E-state index in [1.165, 1.54) is 0 Å². The topological polar surface area (TPSA) is 92.6 Å². The maximum Gasteiger partial charge on any atom is 0.226 e. The van der Waals surface area contributed by atoms with Crippen LogP contribution < -0.4 is 19.5 Å². The van der Waals surface area contributed by atoms with Gasteiger partial charge in [0.1, 0.15) is 29.2 Å². The van der Waals surface area contributed by atoms with E-state index in [1.807, 2.05) is 4.57 Å². The van der Waals surface area contributed by atoms with Crippen molar-refractivity contribution < 1.29 is 18.9 Å². The fourth-order valence-corrected chi connectivity index (χ4v) is 3.54. The Kier molecular flexibility index (Phi) is 5.59. The lowest BCUT2D eigenvalue weighted by atomic mass is 10.2. The fraction of sp³-hybridized carbons (Fsp3) is 0.421. The number of benzene rings is 1. The van der Waals surface area contributed by atoms with Crippen LogP contribution >= 0.6 is 11.6 Å². The van der Waals surface area contributed by atoms with Crippen molar-refractivity contribution in [1.29, 1.82) is 0 Å². The number of hydrogen-bond donors (Lipinski definition) is 1. The summed E-state index contributed by atoms with van der Waals surface area (Å²) in [4.78, 5) is 13.2. The second-order valence-corrected chi connectivity index (χ2v) is 6.86. The lowest BCUT2D eigenvalue weighted by molar-refractivity contribution is -0.0298. The van der Waals surface area contributed by atoms with Crippen LogP contribution in [0.4, 0.5) is 11.5 Å². The van der Waals surface area contributed by atoms with E-state index in [1.54, 1.807) is 39.8 Å². The Labute approximate surface area is 172 Å². The molecular formula is C19H22ClN5O4. The van der Waals surface area contributed by atoms with E-state index >= 15 is 0 Å². The molecule has 0 aliphatic carbocycles. The number of imidazole rings is 1. The maximum atomic E-state index is 6.23. The van der Waals surface area contributed by atoms with Gasteiger partial charge in [0.15, 0.2) is 17.0 Å². The van der Waals surface area contributed by atoms with Crippen LogP contribution in [-0.2, 0) is 4.74 Å². The Hall–Kier alpha value is -2.78. The van der Waals surface area contributed by atoms with Crippen LogP contribution in [0.1, 0.15) is 25.5 Å². The maximum absolute atomic E-state index is 6.23. The molecule has 0 spiro atoms. The molecule has 0 bridgehead atoms. The molecule has 9 nitrogen and oxygen atoms in total. The van der Waals surface area contributed by atoms with Gasteiger partial charge in [-0.25, -0.2) is 4.98 Å². The highest BCUT2D eigenvalue weighted by Crippen LogP contribution is 2.41. The first-order chi connectivity index (χ1) is 14.1. The second kappa shape index (κ2) is 8.30. The summed E-state index contributed by atoms with van der Waals surface area (Å²) < 4.78 is 24.1. The third kappa shape index (κ3) is 3.75. The van der Waals surface area contributed by atoms with E-state index in [4.69, 9.17) is 30.5 Å². The second-order valence-electron chi connectivity index (χ2n) is 6.52. The predicted octanol–water partition coefficient (Wildman–Crippen LogP) is 3.95. The van der Waals surface area contributed by atoms with E-state index in [9.17, 15) is 0 Å². The van der Waals surface area contributed by atoms with E-state index in [-0.39, 0.29) is 11.5 Å². The lowest BCUT2D eigenvalue weighted by Gasteiger charge is -2.23. The number of aromatic nitrogens is 4. The minimum atomic E-state index is -0.113. The Morgan fingerprint density at radius 2 is 1.86 bits per heavy atom. The van der Waals surface area contributed by atoms with Crippen LogP contribution in [0.25, 0.3) is 11.2 Å². The molecule has 1 N–H and O–H groups in total. The van der Waals surface area contributed by atoms with Gasteiger partial charge in [-0.3, -0.25) is 4.57 Å². The van der Waals surface area contributed by atoms with Gasteiger partial charge in [-0.05, 0) is 30.9 Å². The minimum Gasteiger partial charge on any atom is -0.496 e. The molecule has 1 aliphatic heterocycles. The average molecular weight is 420 g/mol. The average Bonchev–Trinajstić information content (AvgIpc) is 3.18. The Morgan fingerprint density at radius 3 is 2.48 bits per heavy atom. The summed E-state index contributed by atoms with van der Waals surface area (Å²) in [6, 6.07) is 3.50. The summed E-state index contributed by atoms with van der Waals surface area (Å²) in [5, 5.41) is 3.34. The van der Waals surface area contributed by atoms with Crippen molar-refractivity contribution in [3.8, 4) is 17.2 Å². The van der Waals surface area contributed by atoms with Crippen LogP contribution in [0.3, 0.4) is 0 Å². The SMILES string of the molecule is COc1cc(OC)c(Nc2nc(Cl)nc3c2ncn3C2CCCCO2)c(OC)c1. The summed E-state index contributed by atoms with van der Waals surface area (Å²) >= 11 is 6.23. The standard InChI is InChI=1S/C19H22ClN5O4/c1-26-11-8-12(27-2)15(13(9-11)28-3)22-17-16-18(24-19(20)23-17)25(10-21-16)14-6-4-5-7-29-14/h8-10,14H,4-7H2,1-3H3,(H,22,23,24). The molecule has 1 aliphatic rings. The zero-order valence-corrected chi connectivity index (χ0v) is 17.2.